The molecule has 1 heterocycles. The summed E-state index contributed by atoms with van der Waals surface area (Å²) in [6.45, 7) is 0.0701. The average molecular weight is 291 g/mol. The molecule has 1 aromatic carbocycles. The second-order valence-corrected chi connectivity index (χ2v) is 4.18. The number of ether oxygens (including phenoxy) is 1. The van der Waals surface area contributed by atoms with E-state index >= 15 is 0 Å². The van der Waals surface area contributed by atoms with Crippen LogP contribution in [0.25, 0.3) is 0 Å². The maximum atomic E-state index is 12.8. The SMILES string of the molecule is Fc1ccc(OCc2nnc(CCCl)o2)c(Cl)c1. The fourth-order valence-corrected chi connectivity index (χ4v) is 1.64. The molecule has 0 fully saturated rings. The second-order valence-electron chi connectivity index (χ2n) is 3.39. The van der Waals surface area contributed by atoms with Crippen LogP contribution in [0.5, 0.6) is 5.75 Å². The standard InChI is InChI=1S/C11H9Cl2FN2O2/c12-4-3-10-15-16-11(18-10)6-17-9-2-1-7(14)5-8(9)13/h1-2,5H,3-4,6H2. The van der Waals surface area contributed by atoms with Gasteiger partial charge in [0.15, 0.2) is 6.61 Å². The Bertz CT molecular complexity index is 534. The molecular formula is C11H9Cl2FN2O2. The van der Waals surface area contributed by atoms with Crippen molar-refractivity contribution in [2.45, 2.75) is 13.0 Å². The lowest BCUT2D eigenvalue weighted by molar-refractivity contribution is 0.259. The quantitative estimate of drug-likeness (QED) is 0.794. The first-order valence-electron chi connectivity index (χ1n) is 5.14. The van der Waals surface area contributed by atoms with Crippen LogP contribution < -0.4 is 4.74 Å². The highest BCUT2D eigenvalue weighted by atomic mass is 35.5. The maximum Gasteiger partial charge on any atom is 0.253 e. The Kier molecular flexibility index (Phi) is 4.38. The molecule has 0 atom stereocenters. The summed E-state index contributed by atoms with van der Waals surface area (Å²) < 4.78 is 23.4. The molecule has 0 amide bonds. The first-order valence-corrected chi connectivity index (χ1v) is 6.05. The summed E-state index contributed by atoms with van der Waals surface area (Å²) >= 11 is 11.3. The van der Waals surface area contributed by atoms with Crippen molar-refractivity contribution in [3.63, 3.8) is 0 Å². The highest BCUT2D eigenvalue weighted by Gasteiger charge is 2.08. The van der Waals surface area contributed by atoms with Gasteiger partial charge in [-0.3, -0.25) is 0 Å². The number of alkyl halides is 1. The number of aromatic nitrogens is 2. The molecule has 0 aliphatic carbocycles. The van der Waals surface area contributed by atoms with Gasteiger partial charge in [0.2, 0.25) is 5.89 Å². The highest BCUT2D eigenvalue weighted by molar-refractivity contribution is 6.32. The van der Waals surface area contributed by atoms with E-state index in [1.807, 2.05) is 0 Å². The van der Waals surface area contributed by atoms with Crippen LogP contribution in [0.2, 0.25) is 5.02 Å². The number of halogens is 3. The lowest BCUT2D eigenvalue weighted by atomic mass is 10.3. The van der Waals surface area contributed by atoms with E-state index in [0.717, 1.165) is 0 Å². The summed E-state index contributed by atoms with van der Waals surface area (Å²) in [6.07, 6.45) is 0.506. The topological polar surface area (TPSA) is 48.2 Å². The van der Waals surface area contributed by atoms with Crippen molar-refractivity contribution in [1.82, 2.24) is 10.2 Å². The molecule has 0 N–H and O–H groups in total. The van der Waals surface area contributed by atoms with E-state index in [2.05, 4.69) is 10.2 Å². The molecule has 2 aromatic rings. The van der Waals surface area contributed by atoms with E-state index in [0.29, 0.717) is 29.8 Å². The minimum absolute atomic E-state index is 0.0701. The second kappa shape index (κ2) is 6.02. The van der Waals surface area contributed by atoms with Crippen LogP contribution in [0, 0.1) is 5.82 Å². The van der Waals surface area contributed by atoms with Crippen molar-refractivity contribution >= 4 is 23.2 Å². The van der Waals surface area contributed by atoms with Crippen LogP contribution in [0.15, 0.2) is 22.6 Å². The van der Waals surface area contributed by atoms with Crippen LogP contribution >= 0.6 is 23.2 Å². The lowest BCUT2D eigenvalue weighted by Crippen LogP contribution is -1.96. The van der Waals surface area contributed by atoms with Crippen LogP contribution in [0.4, 0.5) is 4.39 Å². The molecule has 0 aliphatic heterocycles. The Morgan fingerprint density at radius 1 is 1.28 bits per heavy atom. The van der Waals surface area contributed by atoms with Gasteiger partial charge in [-0.1, -0.05) is 11.6 Å². The third kappa shape index (κ3) is 3.34. The monoisotopic (exact) mass is 290 g/mol. The average Bonchev–Trinajstić information content (AvgIpc) is 2.76. The number of rotatable bonds is 5. The molecule has 1 aromatic heterocycles. The Morgan fingerprint density at radius 3 is 2.78 bits per heavy atom. The fourth-order valence-electron chi connectivity index (χ4n) is 1.26. The van der Waals surface area contributed by atoms with E-state index in [1.54, 1.807) is 0 Å². The number of benzene rings is 1. The number of nitrogens with zero attached hydrogens (tertiary/aromatic N) is 2. The molecule has 4 nitrogen and oxygen atoms in total. The minimum atomic E-state index is -0.422. The molecule has 0 aliphatic rings. The summed E-state index contributed by atoms with van der Waals surface area (Å²) in [5.74, 6) is 1.11. The summed E-state index contributed by atoms with van der Waals surface area (Å²) in [7, 11) is 0. The van der Waals surface area contributed by atoms with Gasteiger partial charge in [-0.25, -0.2) is 4.39 Å². The van der Waals surface area contributed by atoms with Crippen molar-refractivity contribution in [2.24, 2.45) is 0 Å². The number of aryl methyl sites for hydroxylation is 1. The Labute approximate surface area is 113 Å². The largest absolute Gasteiger partial charge is 0.482 e. The van der Waals surface area contributed by atoms with Gasteiger partial charge in [-0.2, -0.15) is 0 Å². The molecule has 0 saturated heterocycles. The number of hydrogen-bond acceptors (Lipinski definition) is 4. The van der Waals surface area contributed by atoms with Gasteiger partial charge in [-0.15, -0.1) is 21.8 Å². The molecule has 0 radical (unpaired) electrons. The van der Waals surface area contributed by atoms with E-state index in [-0.39, 0.29) is 11.6 Å². The van der Waals surface area contributed by atoms with Gasteiger partial charge in [0.05, 0.1) is 5.02 Å². The van der Waals surface area contributed by atoms with Crippen molar-refractivity contribution in [1.29, 1.82) is 0 Å². The predicted molar refractivity (Wildman–Crippen MR) is 64.5 cm³/mol. The van der Waals surface area contributed by atoms with Gasteiger partial charge >= 0.3 is 0 Å². The Hall–Kier alpha value is -1.33. The van der Waals surface area contributed by atoms with Gasteiger partial charge in [0.1, 0.15) is 11.6 Å². The molecule has 0 unspecified atom stereocenters. The van der Waals surface area contributed by atoms with Crippen molar-refractivity contribution in [3.05, 3.63) is 40.8 Å². The molecule has 2 rings (SSSR count). The molecule has 18 heavy (non-hydrogen) atoms. The Morgan fingerprint density at radius 2 is 2.06 bits per heavy atom. The van der Waals surface area contributed by atoms with Gasteiger partial charge in [0.25, 0.3) is 5.89 Å². The zero-order chi connectivity index (χ0) is 13.0. The normalized spacial score (nSPS) is 10.6. The van der Waals surface area contributed by atoms with Crippen molar-refractivity contribution in [3.8, 4) is 5.75 Å². The first kappa shape index (κ1) is 13.1. The van der Waals surface area contributed by atoms with E-state index in [1.165, 1.54) is 18.2 Å². The van der Waals surface area contributed by atoms with E-state index < -0.39 is 5.82 Å². The molecule has 7 heteroatoms. The molecular weight excluding hydrogens is 282 g/mol. The van der Waals surface area contributed by atoms with Crippen LogP contribution in [-0.2, 0) is 13.0 Å². The van der Waals surface area contributed by atoms with Crippen LogP contribution in [0.3, 0.4) is 0 Å². The molecule has 96 valence electrons. The van der Waals surface area contributed by atoms with Crippen LogP contribution in [-0.4, -0.2) is 16.1 Å². The zero-order valence-corrected chi connectivity index (χ0v) is 10.7. The summed E-state index contributed by atoms with van der Waals surface area (Å²) in [5.41, 5.74) is 0. The number of hydrogen-bond donors (Lipinski definition) is 0. The van der Waals surface area contributed by atoms with Crippen molar-refractivity contribution in [2.75, 3.05) is 5.88 Å². The first-order chi connectivity index (χ1) is 8.69. The molecule has 0 spiro atoms. The predicted octanol–water partition coefficient (Wildman–Crippen LogP) is 3.22. The third-order valence-electron chi connectivity index (χ3n) is 2.06. The molecule has 0 bridgehead atoms. The van der Waals surface area contributed by atoms with Gasteiger partial charge < -0.3 is 9.15 Å². The maximum absolute atomic E-state index is 12.8. The fraction of sp³-hybridized carbons (Fsp3) is 0.273. The third-order valence-corrected chi connectivity index (χ3v) is 2.55. The highest BCUT2D eigenvalue weighted by Crippen LogP contribution is 2.25. The van der Waals surface area contributed by atoms with E-state index in [4.69, 9.17) is 32.4 Å². The lowest BCUT2D eigenvalue weighted by Gasteiger charge is -2.04. The molecule has 0 saturated carbocycles. The zero-order valence-electron chi connectivity index (χ0n) is 9.20. The smallest absolute Gasteiger partial charge is 0.253 e. The van der Waals surface area contributed by atoms with Gasteiger partial charge in [-0.05, 0) is 18.2 Å². The van der Waals surface area contributed by atoms with Gasteiger partial charge in [0, 0.05) is 12.3 Å². The van der Waals surface area contributed by atoms with Crippen molar-refractivity contribution < 1.29 is 13.5 Å². The van der Waals surface area contributed by atoms with Crippen LogP contribution in [0.1, 0.15) is 11.8 Å². The summed E-state index contributed by atoms with van der Waals surface area (Å²) in [5, 5.41) is 7.75. The Balaban J connectivity index is 1.97. The van der Waals surface area contributed by atoms with E-state index in [9.17, 15) is 4.39 Å². The minimum Gasteiger partial charge on any atom is -0.482 e. The summed E-state index contributed by atoms with van der Waals surface area (Å²) in [4.78, 5) is 0. The summed E-state index contributed by atoms with van der Waals surface area (Å²) in [6, 6.07) is 3.87.